The van der Waals surface area contributed by atoms with Crippen molar-refractivity contribution in [3.05, 3.63) is 40.4 Å². The summed E-state index contributed by atoms with van der Waals surface area (Å²) in [5, 5.41) is 0.859. The van der Waals surface area contributed by atoms with Gasteiger partial charge in [-0.2, -0.15) is 0 Å². The lowest BCUT2D eigenvalue weighted by atomic mass is 10.2. The van der Waals surface area contributed by atoms with Gasteiger partial charge in [-0.25, -0.2) is 9.97 Å². The summed E-state index contributed by atoms with van der Waals surface area (Å²) in [6.07, 6.45) is 5.10. The van der Waals surface area contributed by atoms with E-state index in [1.807, 2.05) is 12.1 Å². The van der Waals surface area contributed by atoms with Crippen LogP contribution in [0.3, 0.4) is 0 Å². The van der Waals surface area contributed by atoms with Crippen molar-refractivity contribution in [3.63, 3.8) is 0 Å². The zero-order valence-corrected chi connectivity index (χ0v) is 10.8. The van der Waals surface area contributed by atoms with Crippen LogP contribution in [0.5, 0.6) is 0 Å². The summed E-state index contributed by atoms with van der Waals surface area (Å²) in [6, 6.07) is 3.64. The quantitative estimate of drug-likeness (QED) is 0.795. The molecule has 0 bridgehead atoms. The fourth-order valence-corrected chi connectivity index (χ4v) is 2.09. The fraction of sp³-hybridized carbons (Fsp3) is 0.250. The normalized spacial score (nSPS) is 10.5. The fourth-order valence-electron chi connectivity index (χ4n) is 1.52. The highest BCUT2D eigenvalue weighted by molar-refractivity contribution is 6.34. The molecule has 0 aromatic carbocycles. The number of nitrogens with zero attached hydrogens (tertiary/aromatic N) is 3. The second-order valence-electron chi connectivity index (χ2n) is 3.59. The number of halogens is 2. The van der Waals surface area contributed by atoms with Crippen LogP contribution >= 0.6 is 23.2 Å². The first-order valence-electron chi connectivity index (χ1n) is 5.34. The van der Waals surface area contributed by atoms with Gasteiger partial charge >= 0.3 is 0 Å². The topological polar surface area (TPSA) is 38.7 Å². The molecule has 0 unspecified atom stereocenters. The van der Waals surface area contributed by atoms with Gasteiger partial charge in [0.15, 0.2) is 5.82 Å². The highest BCUT2D eigenvalue weighted by atomic mass is 35.5. The molecule has 0 atom stereocenters. The van der Waals surface area contributed by atoms with Crippen molar-refractivity contribution in [2.24, 2.45) is 0 Å². The molecular formula is C12H11Cl2N3. The van der Waals surface area contributed by atoms with E-state index in [1.165, 1.54) is 0 Å². The van der Waals surface area contributed by atoms with E-state index < -0.39 is 0 Å². The Kier molecular flexibility index (Phi) is 3.92. The van der Waals surface area contributed by atoms with Gasteiger partial charge in [-0.1, -0.05) is 36.5 Å². The lowest BCUT2D eigenvalue weighted by Crippen LogP contribution is -1.97. The van der Waals surface area contributed by atoms with Gasteiger partial charge < -0.3 is 0 Å². The van der Waals surface area contributed by atoms with Crippen LogP contribution in [0.2, 0.25) is 10.3 Å². The molecule has 0 aliphatic carbocycles. The maximum absolute atomic E-state index is 6.11. The third-order valence-corrected chi connectivity index (χ3v) is 2.97. The van der Waals surface area contributed by atoms with Gasteiger partial charge in [0.2, 0.25) is 0 Å². The molecule has 2 aromatic heterocycles. The summed E-state index contributed by atoms with van der Waals surface area (Å²) in [5.74, 6) is 0.530. The summed E-state index contributed by atoms with van der Waals surface area (Å²) < 4.78 is 0. The van der Waals surface area contributed by atoms with Crippen LogP contribution in [-0.2, 0) is 6.42 Å². The monoisotopic (exact) mass is 267 g/mol. The minimum Gasteiger partial charge on any atom is -0.265 e. The van der Waals surface area contributed by atoms with Crippen LogP contribution in [0.1, 0.15) is 18.9 Å². The lowest BCUT2D eigenvalue weighted by Gasteiger charge is -2.07. The Hall–Kier alpha value is -1.19. The number of rotatable bonds is 3. The molecule has 0 aliphatic rings. The molecule has 0 fully saturated rings. The van der Waals surface area contributed by atoms with Gasteiger partial charge in [-0.3, -0.25) is 4.98 Å². The molecule has 2 heterocycles. The third kappa shape index (κ3) is 2.73. The van der Waals surface area contributed by atoms with Gasteiger partial charge in [0.25, 0.3) is 0 Å². The molecule has 0 radical (unpaired) electrons. The standard InChI is InChI=1S/C12H11Cl2N3/c1-2-3-9-10(13)16-12(17-11(9)14)8-4-6-15-7-5-8/h4-7H,2-3H2,1H3. The van der Waals surface area contributed by atoms with Gasteiger partial charge in [0.1, 0.15) is 10.3 Å². The van der Waals surface area contributed by atoms with Crippen molar-refractivity contribution in [2.45, 2.75) is 19.8 Å². The number of pyridine rings is 1. The molecule has 0 amide bonds. The van der Waals surface area contributed by atoms with E-state index in [9.17, 15) is 0 Å². The summed E-state index contributed by atoms with van der Waals surface area (Å²) in [5.41, 5.74) is 1.67. The Morgan fingerprint density at radius 3 is 2.18 bits per heavy atom. The van der Waals surface area contributed by atoms with Crippen LogP contribution in [0.25, 0.3) is 11.4 Å². The van der Waals surface area contributed by atoms with E-state index in [4.69, 9.17) is 23.2 Å². The summed E-state index contributed by atoms with van der Waals surface area (Å²) >= 11 is 12.2. The molecule has 0 saturated heterocycles. The van der Waals surface area contributed by atoms with Crippen molar-refractivity contribution in [2.75, 3.05) is 0 Å². The summed E-state index contributed by atoms with van der Waals surface area (Å²) in [6.45, 7) is 2.06. The van der Waals surface area contributed by atoms with Crippen LogP contribution in [0.15, 0.2) is 24.5 Å². The SMILES string of the molecule is CCCc1c(Cl)nc(-c2ccncc2)nc1Cl. The molecule has 2 aromatic rings. The van der Waals surface area contributed by atoms with Gasteiger partial charge in [0, 0.05) is 23.5 Å². The summed E-state index contributed by atoms with van der Waals surface area (Å²) in [4.78, 5) is 12.5. The molecule has 0 N–H and O–H groups in total. The van der Waals surface area contributed by atoms with Crippen molar-refractivity contribution < 1.29 is 0 Å². The Morgan fingerprint density at radius 1 is 1.06 bits per heavy atom. The number of hydrogen-bond acceptors (Lipinski definition) is 3. The van der Waals surface area contributed by atoms with E-state index in [0.29, 0.717) is 16.1 Å². The predicted octanol–water partition coefficient (Wildman–Crippen LogP) is 3.80. The smallest absolute Gasteiger partial charge is 0.162 e. The Balaban J connectivity index is 2.46. The van der Waals surface area contributed by atoms with Crippen molar-refractivity contribution in [1.82, 2.24) is 15.0 Å². The maximum Gasteiger partial charge on any atom is 0.162 e. The average molecular weight is 268 g/mol. The largest absolute Gasteiger partial charge is 0.265 e. The minimum atomic E-state index is 0.429. The first kappa shape index (κ1) is 12.3. The first-order chi connectivity index (χ1) is 8.22. The second kappa shape index (κ2) is 5.43. The van der Waals surface area contributed by atoms with Gasteiger partial charge in [-0.05, 0) is 18.6 Å². The third-order valence-electron chi connectivity index (χ3n) is 2.34. The number of aromatic nitrogens is 3. The van der Waals surface area contributed by atoms with Crippen LogP contribution in [0.4, 0.5) is 0 Å². The van der Waals surface area contributed by atoms with E-state index in [1.54, 1.807) is 12.4 Å². The van der Waals surface area contributed by atoms with Crippen LogP contribution < -0.4 is 0 Å². The van der Waals surface area contributed by atoms with Crippen molar-refractivity contribution in [1.29, 1.82) is 0 Å². The van der Waals surface area contributed by atoms with Gasteiger partial charge in [-0.15, -0.1) is 0 Å². The lowest BCUT2D eigenvalue weighted by molar-refractivity contribution is 0.903. The average Bonchev–Trinajstić information content (AvgIpc) is 2.35. The predicted molar refractivity (Wildman–Crippen MR) is 69.3 cm³/mol. The Morgan fingerprint density at radius 2 is 1.65 bits per heavy atom. The molecule has 5 heteroatoms. The van der Waals surface area contributed by atoms with E-state index >= 15 is 0 Å². The molecule has 0 spiro atoms. The molecule has 3 nitrogen and oxygen atoms in total. The molecule has 2 rings (SSSR count). The van der Waals surface area contributed by atoms with E-state index in [-0.39, 0.29) is 0 Å². The summed E-state index contributed by atoms with van der Waals surface area (Å²) in [7, 11) is 0. The Bertz CT molecular complexity index is 491. The molecule has 17 heavy (non-hydrogen) atoms. The maximum atomic E-state index is 6.11. The first-order valence-corrected chi connectivity index (χ1v) is 6.10. The highest BCUT2D eigenvalue weighted by Gasteiger charge is 2.11. The van der Waals surface area contributed by atoms with Crippen molar-refractivity contribution in [3.8, 4) is 11.4 Å². The Labute approximate surface area is 110 Å². The van der Waals surface area contributed by atoms with Crippen LogP contribution in [0, 0.1) is 0 Å². The molecular weight excluding hydrogens is 257 g/mol. The van der Waals surface area contributed by atoms with E-state index in [2.05, 4.69) is 21.9 Å². The zero-order chi connectivity index (χ0) is 12.3. The molecule has 88 valence electrons. The van der Waals surface area contributed by atoms with Crippen molar-refractivity contribution >= 4 is 23.2 Å². The zero-order valence-electron chi connectivity index (χ0n) is 9.32. The van der Waals surface area contributed by atoms with E-state index in [0.717, 1.165) is 24.0 Å². The highest BCUT2D eigenvalue weighted by Crippen LogP contribution is 2.26. The number of hydrogen-bond donors (Lipinski definition) is 0. The molecule has 0 aliphatic heterocycles. The van der Waals surface area contributed by atoms with Gasteiger partial charge in [0.05, 0.1) is 0 Å². The second-order valence-corrected chi connectivity index (χ2v) is 4.31. The van der Waals surface area contributed by atoms with Crippen LogP contribution in [-0.4, -0.2) is 15.0 Å². The molecule has 0 saturated carbocycles. The minimum absolute atomic E-state index is 0.429.